The molecule has 1 aliphatic carbocycles. The van der Waals surface area contributed by atoms with Gasteiger partial charge in [0.2, 0.25) is 5.91 Å². The molecule has 4 nitrogen and oxygen atoms in total. The number of nitrogens with one attached hydrogen (secondary N) is 1. The Morgan fingerprint density at radius 3 is 3.20 bits per heavy atom. The Balaban J connectivity index is 1.86. The van der Waals surface area contributed by atoms with Crippen LogP contribution in [0.25, 0.3) is 0 Å². The lowest BCUT2D eigenvalue weighted by molar-refractivity contribution is -0.122. The molecule has 1 saturated carbocycles. The number of carbonyl (C=O) groups excluding carboxylic acids is 1. The second-order valence-corrected chi connectivity index (χ2v) is 4.87. The molecule has 0 aliphatic heterocycles. The zero-order valence-electron chi connectivity index (χ0n) is 8.48. The lowest BCUT2D eigenvalue weighted by Gasteiger charge is -2.17. The second kappa shape index (κ2) is 4.72. The summed E-state index contributed by atoms with van der Waals surface area (Å²) in [6, 6.07) is 0.254. The average molecular weight is 225 g/mol. The van der Waals surface area contributed by atoms with E-state index in [-0.39, 0.29) is 17.9 Å². The Labute approximate surface area is 92.9 Å². The summed E-state index contributed by atoms with van der Waals surface area (Å²) in [6.07, 6.45) is 4.92. The SMILES string of the molecule is NC(=O)C1CCCC1NCc1cncs1. The van der Waals surface area contributed by atoms with E-state index >= 15 is 0 Å². The van der Waals surface area contributed by atoms with Gasteiger partial charge in [0.15, 0.2) is 0 Å². The van der Waals surface area contributed by atoms with Crippen molar-refractivity contribution in [3.63, 3.8) is 0 Å². The Kier molecular flexibility index (Phi) is 3.33. The van der Waals surface area contributed by atoms with Gasteiger partial charge in [-0.25, -0.2) is 0 Å². The van der Waals surface area contributed by atoms with Crippen LogP contribution < -0.4 is 11.1 Å². The summed E-state index contributed by atoms with van der Waals surface area (Å²) in [5.74, 6) is -0.160. The first-order chi connectivity index (χ1) is 7.27. The first-order valence-electron chi connectivity index (χ1n) is 5.17. The molecule has 0 radical (unpaired) electrons. The minimum Gasteiger partial charge on any atom is -0.369 e. The van der Waals surface area contributed by atoms with Crippen molar-refractivity contribution in [1.82, 2.24) is 10.3 Å². The van der Waals surface area contributed by atoms with Gasteiger partial charge in [-0.1, -0.05) is 6.42 Å². The number of hydrogen-bond acceptors (Lipinski definition) is 4. The zero-order valence-corrected chi connectivity index (χ0v) is 9.30. The van der Waals surface area contributed by atoms with Gasteiger partial charge >= 0.3 is 0 Å². The fourth-order valence-electron chi connectivity index (χ4n) is 2.11. The fraction of sp³-hybridized carbons (Fsp3) is 0.600. The lowest BCUT2D eigenvalue weighted by Crippen LogP contribution is -2.38. The molecule has 15 heavy (non-hydrogen) atoms. The third-order valence-electron chi connectivity index (χ3n) is 2.90. The molecule has 3 N–H and O–H groups in total. The van der Waals surface area contributed by atoms with E-state index in [2.05, 4.69) is 10.3 Å². The molecule has 0 aromatic carbocycles. The number of aromatic nitrogens is 1. The predicted molar refractivity (Wildman–Crippen MR) is 59.3 cm³/mol. The van der Waals surface area contributed by atoms with Crippen LogP contribution in [0.4, 0.5) is 0 Å². The van der Waals surface area contributed by atoms with Crippen LogP contribution in [0.3, 0.4) is 0 Å². The predicted octanol–water partition coefficient (Wildman–Crippen LogP) is 0.887. The molecular formula is C10H15N3OS. The molecule has 1 heterocycles. The summed E-state index contributed by atoms with van der Waals surface area (Å²) in [5, 5.41) is 3.38. The normalized spacial score (nSPS) is 25.6. The maximum atomic E-state index is 11.1. The molecule has 2 unspecified atom stereocenters. The third kappa shape index (κ3) is 2.54. The van der Waals surface area contributed by atoms with E-state index in [1.165, 1.54) is 4.88 Å². The number of nitrogens with zero attached hydrogens (tertiary/aromatic N) is 1. The Morgan fingerprint density at radius 2 is 2.53 bits per heavy atom. The highest BCUT2D eigenvalue weighted by Crippen LogP contribution is 2.25. The number of carbonyl (C=O) groups is 1. The third-order valence-corrected chi connectivity index (χ3v) is 3.68. The van der Waals surface area contributed by atoms with Gasteiger partial charge < -0.3 is 11.1 Å². The Bertz CT molecular complexity index is 325. The van der Waals surface area contributed by atoms with Gasteiger partial charge in [0.1, 0.15) is 0 Å². The van der Waals surface area contributed by atoms with Crippen molar-refractivity contribution in [2.45, 2.75) is 31.8 Å². The van der Waals surface area contributed by atoms with Crippen LogP contribution in [0, 0.1) is 5.92 Å². The topological polar surface area (TPSA) is 68.0 Å². The van der Waals surface area contributed by atoms with E-state index in [9.17, 15) is 4.79 Å². The van der Waals surface area contributed by atoms with Crippen LogP contribution in [0.1, 0.15) is 24.1 Å². The molecule has 2 atom stereocenters. The average Bonchev–Trinajstić information content (AvgIpc) is 2.86. The number of rotatable bonds is 4. The number of hydrogen-bond donors (Lipinski definition) is 2. The molecule has 1 fully saturated rings. The zero-order chi connectivity index (χ0) is 10.7. The maximum absolute atomic E-state index is 11.1. The van der Waals surface area contributed by atoms with Crippen LogP contribution >= 0.6 is 11.3 Å². The standard InChI is InChI=1S/C10H15N3OS/c11-10(14)8-2-1-3-9(8)13-5-7-4-12-6-15-7/h4,6,8-9,13H,1-3,5H2,(H2,11,14). The van der Waals surface area contributed by atoms with E-state index < -0.39 is 0 Å². The van der Waals surface area contributed by atoms with Crippen molar-refractivity contribution in [1.29, 1.82) is 0 Å². The summed E-state index contributed by atoms with van der Waals surface area (Å²) in [4.78, 5) is 16.4. The van der Waals surface area contributed by atoms with Crippen molar-refractivity contribution in [3.8, 4) is 0 Å². The van der Waals surface area contributed by atoms with Gasteiger partial charge in [0.25, 0.3) is 0 Å². The van der Waals surface area contributed by atoms with Crippen molar-refractivity contribution in [3.05, 3.63) is 16.6 Å². The largest absolute Gasteiger partial charge is 0.369 e. The summed E-state index contributed by atoms with van der Waals surface area (Å²) in [7, 11) is 0. The highest BCUT2D eigenvalue weighted by molar-refractivity contribution is 7.09. The molecule has 0 spiro atoms. The fourth-order valence-corrected chi connectivity index (χ4v) is 2.65. The molecule has 1 aromatic heterocycles. The molecule has 0 bridgehead atoms. The molecule has 0 saturated heterocycles. The van der Waals surface area contributed by atoms with Crippen LogP contribution in [0.5, 0.6) is 0 Å². The lowest BCUT2D eigenvalue weighted by atomic mass is 10.0. The van der Waals surface area contributed by atoms with Crippen molar-refractivity contribution >= 4 is 17.2 Å². The van der Waals surface area contributed by atoms with Gasteiger partial charge in [-0.2, -0.15) is 0 Å². The van der Waals surface area contributed by atoms with Crippen LogP contribution in [-0.4, -0.2) is 16.9 Å². The van der Waals surface area contributed by atoms with Gasteiger partial charge in [-0.3, -0.25) is 9.78 Å². The van der Waals surface area contributed by atoms with Gasteiger partial charge in [0.05, 0.1) is 11.4 Å². The first-order valence-corrected chi connectivity index (χ1v) is 6.05. The first kappa shape index (κ1) is 10.6. The van der Waals surface area contributed by atoms with Gasteiger partial charge in [-0.05, 0) is 12.8 Å². The summed E-state index contributed by atoms with van der Waals surface area (Å²) in [5.41, 5.74) is 7.17. The van der Waals surface area contributed by atoms with E-state index in [1.807, 2.05) is 11.7 Å². The molecule has 82 valence electrons. The van der Waals surface area contributed by atoms with Crippen molar-refractivity contribution in [2.75, 3.05) is 0 Å². The van der Waals surface area contributed by atoms with Crippen LogP contribution in [0.2, 0.25) is 0 Å². The maximum Gasteiger partial charge on any atom is 0.222 e. The quantitative estimate of drug-likeness (QED) is 0.799. The van der Waals surface area contributed by atoms with E-state index in [4.69, 9.17) is 5.73 Å². The summed E-state index contributed by atoms with van der Waals surface area (Å²) < 4.78 is 0. The van der Waals surface area contributed by atoms with E-state index in [0.29, 0.717) is 0 Å². The molecule has 5 heteroatoms. The number of thiazole rings is 1. The minimum absolute atomic E-state index is 0.0120. The van der Waals surface area contributed by atoms with Gasteiger partial charge in [0, 0.05) is 23.7 Å². The van der Waals surface area contributed by atoms with Crippen molar-refractivity contribution in [2.24, 2.45) is 11.7 Å². The van der Waals surface area contributed by atoms with E-state index in [0.717, 1.165) is 25.8 Å². The molecule has 1 amide bonds. The number of amides is 1. The van der Waals surface area contributed by atoms with Crippen molar-refractivity contribution < 1.29 is 4.79 Å². The minimum atomic E-state index is -0.172. The highest BCUT2D eigenvalue weighted by Gasteiger charge is 2.30. The smallest absolute Gasteiger partial charge is 0.222 e. The van der Waals surface area contributed by atoms with Crippen LogP contribution in [-0.2, 0) is 11.3 Å². The highest BCUT2D eigenvalue weighted by atomic mass is 32.1. The molecule has 2 rings (SSSR count). The van der Waals surface area contributed by atoms with Crippen LogP contribution in [0.15, 0.2) is 11.7 Å². The molecular weight excluding hydrogens is 210 g/mol. The van der Waals surface area contributed by atoms with Gasteiger partial charge in [-0.15, -0.1) is 11.3 Å². The van der Waals surface area contributed by atoms with E-state index in [1.54, 1.807) is 11.3 Å². The Hall–Kier alpha value is -0.940. The number of nitrogens with two attached hydrogens (primary N) is 1. The summed E-state index contributed by atoms with van der Waals surface area (Å²) in [6.45, 7) is 0.791. The molecule has 1 aromatic rings. The summed E-state index contributed by atoms with van der Waals surface area (Å²) >= 11 is 1.63. The molecule has 1 aliphatic rings. The monoisotopic (exact) mass is 225 g/mol. The number of primary amides is 1. The second-order valence-electron chi connectivity index (χ2n) is 3.89. The Morgan fingerprint density at radius 1 is 1.67 bits per heavy atom.